The zero-order valence-corrected chi connectivity index (χ0v) is 20.2. The Bertz CT molecular complexity index is 579. The van der Waals surface area contributed by atoms with Gasteiger partial charge < -0.3 is 14.4 Å². The van der Waals surface area contributed by atoms with E-state index in [9.17, 15) is 4.79 Å². The monoisotopic (exact) mass is 463 g/mol. The number of para-hydroxylation sites is 2. The minimum absolute atomic E-state index is 0. The molecule has 174 valence electrons. The summed E-state index contributed by atoms with van der Waals surface area (Å²) in [6.45, 7) is 12.7. The van der Waals surface area contributed by atoms with E-state index in [2.05, 4.69) is 35.9 Å². The summed E-state index contributed by atoms with van der Waals surface area (Å²) in [6.07, 6.45) is 3.95. The van der Waals surface area contributed by atoms with Gasteiger partial charge in [0.25, 0.3) is 0 Å². The maximum Gasteiger partial charge on any atom is 0.412 e. The SMILES string of the molecule is CCCCOc1ccccc1NC(=O)OC(CN(CC)CC)CN1CCCC1.Cl.Cl. The maximum absolute atomic E-state index is 12.6. The highest BCUT2D eigenvalue weighted by molar-refractivity contribution is 5.86. The van der Waals surface area contributed by atoms with Crippen LogP contribution < -0.4 is 10.1 Å². The minimum Gasteiger partial charge on any atom is -0.491 e. The third kappa shape index (κ3) is 10.2. The van der Waals surface area contributed by atoms with Crippen LogP contribution in [0.4, 0.5) is 10.5 Å². The molecule has 1 aliphatic rings. The van der Waals surface area contributed by atoms with Crippen LogP contribution in [-0.4, -0.2) is 67.9 Å². The number of benzene rings is 1. The number of carbonyl (C=O) groups is 1. The van der Waals surface area contributed by atoms with E-state index in [4.69, 9.17) is 9.47 Å². The molecule has 1 fully saturated rings. The smallest absolute Gasteiger partial charge is 0.412 e. The van der Waals surface area contributed by atoms with Crippen molar-refractivity contribution in [2.45, 2.75) is 52.6 Å². The van der Waals surface area contributed by atoms with E-state index in [0.29, 0.717) is 18.0 Å². The molecule has 1 unspecified atom stereocenters. The highest BCUT2D eigenvalue weighted by atomic mass is 35.5. The standard InChI is InChI=1S/C22H37N3O3.2ClH/c1-4-7-16-27-21-13-9-8-12-20(21)23-22(26)28-19(17-24(5-2)6-3)18-25-14-10-11-15-25;;/h8-9,12-13,19H,4-7,10-11,14-18H2,1-3H3,(H,23,26);2*1H. The van der Waals surface area contributed by atoms with Crippen LogP contribution in [0, 0.1) is 0 Å². The summed E-state index contributed by atoms with van der Waals surface area (Å²) in [5.41, 5.74) is 0.659. The van der Waals surface area contributed by atoms with Gasteiger partial charge in [-0.2, -0.15) is 0 Å². The molecule has 1 saturated heterocycles. The van der Waals surface area contributed by atoms with Crippen molar-refractivity contribution < 1.29 is 14.3 Å². The number of hydrogen-bond donors (Lipinski definition) is 1. The van der Waals surface area contributed by atoms with Gasteiger partial charge in [-0.15, -0.1) is 24.8 Å². The Balaban J connectivity index is 0.00000420. The van der Waals surface area contributed by atoms with Crippen LogP contribution in [0.2, 0.25) is 0 Å². The molecule has 0 aliphatic carbocycles. The van der Waals surface area contributed by atoms with E-state index in [0.717, 1.165) is 52.1 Å². The molecule has 1 heterocycles. The van der Waals surface area contributed by atoms with E-state index >= 15 is 0 Å². The number of likely N-dealkylation sites (N-methyl/N-ethyl adjacent to an activating group) is 1. The maximum atomic E-state index is 12.6. The molecule has 30 heavy (non-hydrogen) atoms. The molecule has 1 amide bonds. The predicted molar refractivity (Wildman–Crippen MR) is 129 cm³/mol. The normalized spacial score (nSPS) is 14.5. The summed E-state index contributed by atoms with van der Waals surface area (Å²) in [5.74, 6) is 0.688. The van der Waals surface area contributed by atoms with Crippen LogP contribution in [0.3, 0.4) is 0 Å². The van der Waals surface area contributed by atoms with Gasteiger partial charge in [0, 0.05) is 13.1 Å². The van der Waals surface area contributed by atoms with Gasteiger partial charge in [-0.3, -0.25) is 10.2 Å². The van der Waals surface area contributed by atoms with Gasteiger partial charge in [-0.1, -0.05) is 39.3 Å². The van der Waals surface area contributed by atoms with Crippen molar-refractivity contribution in [2.24, 2.45) is 0 Å². The molecule has 1 atom stereocenters. The minimum atomic E-state index is -0.414. The number of ether oxygens (including phenoxy) is 2. The Hall–Kier alpha value is -1.21. The van der Waals surface area contributed by atoms with Gasteiger partial charge >= 0.3 is 6.09 Å². The summed E-state index contributed by atoms with van der Waals surface area (Å²) in [7, 11) is 0. The molecule has 8 heteroatoms. The second-order valence-corrected chi connectivity index (χ2v) is 7.34. The van der Waals surface area contributed by atoms with Crippen molar-refractivity contribution in [3.05, 3.63) is 24.3 Å². The lowest BCUT2D eigenvalue weighted by molar-refractivity contribution is 0.0604. The van der Waals surface area contributed by atoms with Gasteiger partial charge in [0.1, 0.15) is 11.9 Å². The van der Waals surface area contributed by atoms with Crippen LogP contribution in [-0.2, 0) is 4.74 Å². The van der Waals surface area contributed by atoms with Crippen molar-refractivity contribution in [3.63, 3.8) is 0 Å². The zero-order valence-electron chi connectivity index (χ0n) is 18.6. The molecule has 1 N–H and O–H groups in total. The number of amides is 1. The summed E-state index contributed by atoms with van der Waals surface area (Å²) < 4.78 is 11.6. The number of likely N-dealkylation sites (tertiary alicyclic amines) is 1. The number of nitrogens with zero attached hydrogens (tertiary/aromatic N) is 2. The first-order valence-corrected chi connectivity index (χ1v) is 10.8. The molecule has 1 aromatic rings. The van der Waals surface area contributed by atoms with E-state index in [1.54, 1.807) is 0 Å². The third-order valence-electron chi connectivity index (χ3n) is 5.17. The average Bonchev–Trinajstić information content (AvgIpc) is 3.20. The fraction of sp³-hybridized carbons (Fsp3) is 0.682. The number of rotatable bonds is 12. The first kappa shape index (κ1) is 28.8. The van der Waals surface area contributed by atoms with Crippen LogP contribution in [0.25, 0.3) is 0 Å². The van der Waals surface area contributed by atoms with Crippen LogP contribution in [0.15, 0.2) is 24.3 Å². The summed E-state index contributed by atoms with van der Waals surface area (Å²) >= 11 is 0. The van der Waals surface area contributed by atoms with Crippen molar-refractivity contribution in [2.75, 3.05) is 51.2 Å². The lowest BCUT2D eigenvalue weighted by Gasteiger charge is -2.28. The number of halogens is 2. The number of unbranched alkanes of at least 4 members (excludes halogenated alkanes) is 1. The fourth-order valence-electron chi connectivity index (χ4n) is 3.47. The topological polar surface area (TPSA) is 54.0 Å². The first-order valence-electron chi connectivity index (χ1n) is 10.8. The lowest BCUT2D eigenvalue weighted by Crippen LogP contribution is -2.42. The molecule has 0 aromatic heterocycles. The Morgan fingerprint density at radius 3 is 2.43 bits per heavy atom. The van der Waals surface area contributed by atoms with Crippen molar-refractivity contribution in [3.8, 4) is 5.75 Å². The van der Waals surface area contributed by atoms with Gasteiger partial charge in [0.2, 0.25) is 0 Å². The number of anilines is 1. The second-order valence-electron chi connectivity index (χ2n) is 7.34. The zero-order chi connectivity index (χ0) is 20.2. The van der Waals surface area contributed by atoms with E-state index < -0.39 is 6.09 Å². The molecule has 2 rings (SSSR count). The Labute approximate surface area is 194 Å². The number of nitrogens with one attached hydrogen (secondary N) is 1. The third-order valence-corrected chi connectivity index (χ3v) is 5.17. The van der Waals surface area contributed by atoms with E-state index in [1.807, 2.05) is 24.3 Å². The van der Waals surface area contributed by atoms with E-state index in [-0.39, 0.29) is 30.9 Å². The van der Waals surface area contributed by atoms with Gasteiger partial charge in [0.15, 0.2) is 0 Å². The molecule has 1 aromatic carbocycles. The number of hydrogen-bond acceptors (Lipinski definition) is 5. The summed E-state index contributed by atoms with van der Waals surface area (Å²) in [4.78, 5) is 17.3. The Kier molecular flexibility index (Phi) is 15.8. The number of carbonyl (C=O) groups excluding carboxylic acids is 1. The van der Waals surface area contributed by atoms with Gasteiger partial charge in [-0.05, 0) is 57.6 Å². The molecule has 6 nitrogen and oxygen atoms in total. The first-order chi connectivity index (χ1) is 13.7. The van der Waals surface area contributed by atoms with Gasteiger partial charge in [-0.25, -0.2) is 4.79 Å². The lowest BCUT2D eigenvalue weighted by atomic mass is 10.3. The average molecular weight is 464 g/mol. The molecular weight excluding hydrogens is 425 g/mol. The molecule has 1 aliphatic heterocycles. The Morgan fingerprint density at radius 2 is 1.80 bits per heavy atom. The highest BCUT2D eigenvalue weighted by Crippen LogP contribution is 2.24. The summed E-state index contributed by atoms with van der Waals surface area (Å²) in [6, 6.07) is 7.53. The molecular formula is C22H39Cl2N3O3. The van der Waals surface area contributed by atoms with E-state index in [1.165, 1.54) is 12.8 Å². The van der Waals surface area contributed by atoms with Crippen LogP contribution >= 0.6 is 24.8 Å². The second kappa shape index (κ2) is 16.5. The molecule has 0 radical (unpaired) electrons. The van der Waals surface area contributed by atoms with Crippen LogP contribution in [0.5, 0.6) is 5.75 Å². The summed E-state index contributed by atoms with van der Waals surface area (Å²) in [5, 5.41) is 2.88. The quantitative estimate of drug-likeness (QED) is 0.438. The van der Waals surface area contributed by atoms with Crippen molar-refractivity contribution >= 4 is 36.6 Å². The molecule has 0 spiro atoms. The van der Waals surface area contributed by atoms with Crippen molar-refractivity contribution in [1.82, 2.24) is 9.80 Å². The predicted octanol–water partition coefficient (Wildman–Crippen LogP) is 5.06. The molecule has 0 saturated carbocycles. The molecule has 0 bridgehead atoms. The largest absolute Gasteiger partial charge is 0.491 e. The van der Waals surface area contributed by atoms with Crippen LogP contribution in [0.1, 0.15) is 46.5 Å². The Morgan fingerprint density at radius 1 is 1.13 bits per heavy atom. The highest BCUT2D eigenvalue weighted by Gasteiger charge is 2.23. The van der Waals surface area contributed by atoms with Gasteiger partial charge in [0.05, 0.1) is 12.3 Å². The van der Waals surface area contributed by atoms with Crippen molar-refractivity contribution in [1.29, 1.82) is 0 Å². The fourth-order valence-corrected chi connectivity index (χ4v) is 3.47.